The molecule has 1 N–H and O–H groups in total. The van der Waals surface area contributed by atoms with E-state index in [0.29, 0.717) is 31.0 Å². The van der Waals surface area contributed by atoms with Crippen LogP contribution in [0, 0.1) is 0 Å². The molecule has 2 aromatic carbocycles. The molecule has 8 nitrogen and oxygen atoms in total. The molecule has 0 aromatic heterocycles. The summed E-state index contributed by atoms with van der Waals surface area (Å²) in [7, 11) is -3.55. The van der Waals surface area contributed by atoms with Gasteiger partial charge in [-0.05, 0) is 68.7 Å². The number of hydrogen-bond donors (Lipinski definition) is 1. The van der Waals surface area contributed by atoms with Crippen LogP contribution in [0.1, 0.15) is 45.6 Å². The summed E-state index contributed by atoms with van der Waals surface area (Å²) >= 11 is 3.41. The van der Waals surface area contributed by atoms with E-state index in [9.17, 15) is 18.0 Å². The Morgan fingerprint density at radius 1 is 1.06 bits per heavy atom. The van der Waals surface area contributed by atoms with E-state index in [0.717, 1.165) is 22.7 Å². The van der Waals surface area contributed by atoms with Gasteiger partial charge in [0, 0.05) is 30.5 Å². The first-order valence-electron chi connectivity index (χ1n) is 12.1. The number of amides is 2. The monoisotopic (exact) mass is 581 g/mol. The predicted molar refractivity (Wildman–Crippen MR) is 146 cm³/mol. The predicted octanol–water partition coefficient (Wildman–Crippen LogP) is 4.34. The van der Waals surface area contributed by atoms with Gasteiger partial charge in [0.1, 0.15) is 11.8 Å². The van der Waals surface area contributed by atoms with E-state index in [4.69, 9.17) is 4.74 Å². The molecule has 36 heavy (non-hydrogen) atoms. The SMILES string of the molecule is CCCNC(=O)C(C)N(Cc1ccc(Br)cc1)C(=O)CCCN(c1ccc(OCC)cc1)S(C)(=O)=O. The second-order valence-corrected chi connectivity index (χ2v) is 11.3. The Morgan fingerprint density at radius 3 is 2.25 bits per heavy atom. The van der Waals surface area contributed by atoms with Crippen LogP contribution < -0.4 is 14.4 Å². The fraction of sp³-hybridized carbons (Fsp3) is 0.462. The average molecular weight is 583 g/mol. The zero-order valence-corrected chi connectivity index (χ0v) is 23.8. The van der Waals surface area contributed by atoms with Crippen molar-refractivity contribution in [3.05, 3.63) is 58.6 Å². The van der Waals surface area contributed by atoms with Crippen LogP contribution in [0.4, 0.5) is 5.69 Å². The number of anilines is 1. The fourth-order valence-electron chi connectivity index (χ4n) is 3.64. The Labute approximate surface area is 223 Å². The molecule has 0 aliphatic carbocycles. The van der Waals surface area contributed by atoms with Gasteiger partial charge in [0.05, 0.1) is 18.6 Å². The summed E-state index contributed by atoms with van der Waals surface area (Å²) in [5.74, 6) is 0.232. The minimum atomic E-state index is -3.55. The van der Waals surface area contributed by atoms with E-state index in [1.165, 1.54) is 4.31 Å². The van der Waals surface area contributed by atoms with Crippen LogP contribution in [0.5, 0.6) is 5.75 Å². The number of halogens is 1. The Hall–Kier alpha value is -2.59. The van der Waals surface area contributed by atoms with Crippen molar-refractivity contribution in [1.29, 1.82) is 0 Å². The second-order valence-electron chi connectivity index (χ2n) is 8.48. The highest BCUT2D eigenvalue weighted by Crippen LogP contribution is 2.23. The number of benzene rings is 2. The van der Waals surface area contributed by atoms with Crippen LogP contribution in [0.2, 0.25) is 0 Å². The zero-order valence-electron chi connectivity index (χ0n) is 21.4. The smallest absolute Gasteiger partial charge is 0.242 e. The largest absolute Gasteiger partial charge is 0.494 e. The number of hydrogen-bond acceptors (Lipinski definition) is 5. The first-order chi connectivity index (χ1) is 17.1. The third-order valence-electron chi connectivity index (χ3n) is 5.57. The van der Waals surface area contributed by atoms with Crippen molar-refractivity contribution >= 4 is 43.5 Å². The topological polar surface area (TPSA) is 96.0 Å². The van der Waals surface area contributed by atoms with Crippen molar-refractivity contribution in [1.82, 2.24) is 10.2 Å². The van der Waals surface area contributed by atoms with Crippen molar-refractivity contribution in [3.8, 4) is 5.75 Å². The minimum Gasteiger partial charge on any atom is -0.494 e. The molecule has 1 unspecified atom stereocenters. The zero-order chi connectivity index (χ0) is 26.7. The molecule has 2 amide bonds. The van der Waals surface area contributed by atoms with Crippen molar-refractivity contribution in [2.75, 3.05) is 30.3 Å². The lowest BCUT2D eigenvalue weighted by atomic mass is 10.1. The van der Waals surface area contributed by atoms with Gasteiger partial charge >= 0.3 is 0 Å². The normalized spacial score (nSPS) is 12.0. The van der Waals surface area contributed by atoms with Gasteiger partial charge in [0.25, 0.3) is 0 Å². The van der Waals surface area contributed by atoms with Crippen molar-refractivity contribution in [3.63, 3.8) is 0 Å². The minimum absolute atomic E-state index is 0.102. The number of nitrogens with one attached hydrogen (secondary N) is 1. The Bertz CT molecular complexity index is 1090. The number of carbonyl (C=O) groups is 2. The van der Waals surface area contributed by atoms with Crippen molar-refractivity contribution < 1.29 is 22.7 Å². The maximum Gasteiger partial charge on any atom is 0.242 e. The van der Waals surface area contributed by atoms with E-state index in [2.05, 4.69) is 21.2 Å². The lowest BCUT2D eigenvalue weighted by molar-refractivity contribution is -0.140. The van der Waals surface area contributed by atoms with Crippen LogP contribution in [0.3, 0.4) is 0 Å². The van der Waals surface area contributed by atoms with Gasteiger partial charge in [-0.3, -0.25) is 13.9 Å². The standard InChI is InChI=1S/C26H36BrN3O5S/c1-5-17-28-26(32)20(3)29(19-21-9-11-22(27)12-10-21)25(31)8-7-18-30(36(4,33)34)23-13-15-24(16-14-23)35-6-2/h9-16,20H,5-8,17-19H2,1-4H3,(H,28,32). The molecule has 0 radical (unpaired) electrons. The van der Waals surface area contributed by atoms with E-state index in [-0.39, 0.29) is 31.3 Å². The van der Waals surface area contributed by atoms with Gasteiger partial charge in [-0.25, -0.2) is 8.42 Å². The molecule has 0 saturated carbocycles. The Balaban J connectivity index is 2.13. The van der Waals surface area contributed by atoms with Gasteiger partial charge in [-0.1, -0.05) is 35.0 Å². The molecule has 1 atom stereocenters. The summed E-state index contributed by atoms with van der Waals surface area (Å²) in [6, 6.07) is 13.7. The van der Waals surface area contributed by atoms with Gasteiger partial charge in [0.2, 0.25) is 21.8 Å². The van der Waals surface area contributed by atoms with E-state index in [1.54, 1.807) is 36.1 Å². The van der Waals surface area contributed by atoms with Gasteiger partial charge in [-0.15, -0.1) is 0 Å². The number of ether oxygens (including phenoxy) is 1. The molecule has 0 aliphatic heterocycles. The number of sulfonamides is 1. The van der Waals surface area contributed by atoms with Crippen LogP contribution in [-0.4, -0.2) is 57.1 Å². The van der Waals surface area contributed by atoms with Crippen molar-refractivity contribution in [2.45, 2.75) is 52.6 Å². The maximum absolute atomic E-state index is 13.3. The number of nitrogens with zero attached hydrogens (tertiary/aromatic N) is 2. The first kappa shape index (κ1) is 29.6. The molecule has 0 spiro atoms. The molecule has 0 heterocycles. The molecule has 0 bridgehead atoms. The number of carbonyl (C=O) groups excluding carboxylic acids is 2. The fourth-order valence-corrected chi connectivity index (χ4v) is 4.87. The van der Waals surface area contributed by atoms with Crippen LogP contribution >= 0.6 is 15.9 Å². The Morgan fingerprint density at radius 2 is 1.69 bits per heavy atom. The van der Waals surface area contributed by atoms with E-state index < -0.39 is 16.1 Å². The second kappa shape index (κ2) is 14.2. The van der Waals surface area contributed by atoms with E-state index >= 15 is 0 Å². The third kappa shape index (κ3) is 9.13. The Kier molecular flexibility index (Phi) is 11.7. The molecule has 2 aromatic rings. The summed E-state index contributed by atoms with van der Waals surface area (Å²) in [5.41, 5.74) is 1.40. The maximum atomic E-state index is 13.3. The van der Waals surface area contributed by atoms with Crippen LogP contribution in [0.15, 0.2) is 53.0 Å². The quantitative estimate of drug-likeness (QED) is 0.358. The summed E-state index contributed by atoms with van der Waals surface area (Å²) < 4.78 is 32.6. The molecule has 0 aliphatic rings. The van der Waals surface area contributed by atoms with E-state index in [1.807, 2.05) is 38.1 Å². The molecule has 2 rings (SSSR count). The average Bonchev–Trinajstić information content (AvgIpc) is 2.84. The molecule has 10 heteroatoms. The molecule has 198 valence electrons. The highest BCUT2D eigenvalue weighted by atomic mass is 79.9. The summed E-state index contributed by atoms with van der Waals surface area (Å²) in [5, 5.41) is 2.85. The third-order valence-corrected chi connectivity index (χ3v) is 7.29. The van der Waals surface area contributed by atoms with Gasteiger partial charge in [0.15, 0.2) is 0 Å². The van der Waals surface area contributed by atoms with Crippen LogP contribution in [0.25, 0.3) is 0 Å². The molecule has 0 saturated heterocycles. The van der Waals surface area contributed by atoms with Crippen molar-refractivity contribution in [2.24, 2.45) is 0 Å². The highest BCUT2D eigenvalue weighted by Gasteiger charge is 2.26. The highest BCUT2D eigenvalue weighted by molar-refractivity contribution is 9.10. The van der Waals surface area contributed by atoms with Crippen LogP contribution in [-0.2, 0) is 26.2 Å². The summed E-state index contributed by atoms with van der Waals surface area (Å²) in [4.78, 5) is 27.5. The summed E-state index contributed by atoms with van der Waals surface area (Å²) in [6.07, 6.45) is 2.35. The summed E-state index contributed by atoms with van der Waals surface area (Å²) in [6.45, 7) is 7.03. The lowest BCUT2D eigenvalue weighted by Gasteiger charge is -2.29. The molecular formula is C26H36BrN3O5S. The van der Waals surface area contributed by atoms with Gasteiger partial charge in [-0.2, -0.15) is 0 Å². The first-order valence-corrected chi connectivity index (χ1v) is 14.7. The van der Waals surface area contributed by atoms with Gasteiger partial charge < -0.3 is 15.0 Å². The lowest BCUT2D eigenvalue weighted by Crippen LogP contribution is -2.47. The molecular weight excluding hydrogens is 546 g/mol. The molecule has 0 fully saturated rings. The number of rotatable bonds is 14.